The van der Waals surface area contributed by atoms with Gasteiger partial charge in [-0.25, -0.2) is 4.99 Å². The summed E-state index contributed by atoms with van der Waals surface area (Å²) in [5.41, 5.74) is 2.26. The highest BCUT2D eigenvalue weighted by Crippen LogP contribution is 2.10. The number of nitrogens with zero attached hydrogens (tertiary/aromatic N) is 2. The molecule has 0 aliphatic rings. The molecule has 0 spiro atoms. The number of halogens is 1. The molecule has 1 aromatic heterocycles. The summed E-state index contributed by atoms with van der Waals surface area (Å²) in [6.45, 7) is 4.35. The van der Waals surface area contributed by atoms with Crippen LogP contribution in [0.4, 0.5) is 0 Å². The first kappa shape index (κ1) is 17.3. The van der Waals surface area contributed by atoms with Crippen LogP contribution >= 0.6 is 11.6 Å². The predicted octanol–water partition coefficient (Wildman–Crippen LogP) is 3.42. The molecule has 0 saturated heterocycles. The van der Waals surface area contributed by atoms with Crippen LogP contribution in [0, 0.1) is 0 Å². The lowest BCUT2D eigenvalue weighted by molar-refractivity contribution is 0.742. The molecule has 0 radical (unpaired) electrons. The zero-order valence-electron chi connectivity index (χ0n) is 13.4. The molecule has 0 aliphatic carbocycles. The van der Waals surface area contributed by atoms with E-state index >= 15 is 0 Å². The molecule has 23 heavy (non-hydrogen) atoms. The lowest BCUT2D eigenvalue weighted by atomic mass is 10.1. The predicted molar refractivity (Wildman–Crippen MR) is 96.8 cm³/mol. The van der Waals surface area contributed by atoms with Crippen molar-refractivity contribution in [3.05, 3.63) is 64.9 Å². The number of aliphatic imine (C=N–C) groups is 1. The van der Waals surface area contributed by atoms with Crippen molar-refractivity contribution in [1.82, 2.24) is 15.6 Å². The van der Waals surface area contributed by atoms with Crippen molar-refractivity contribution in [2.75, 3.05) is 13.1 Å². The maximum Gasteiger partial charge on any atom is 0.191 e. The first-order valence-electron chi connectivity index (χ1n) is 7.94. The van der Waals surface area contributed by atoms with Crippen LogP contribution in [0.25, 0.3) is 0 Å². The van der Waals surface area contributed by atoms with E-state index in [0.717, 1.165) is 42.6 Å². The Balaban J connectivity index is 1.76. The largest absolute Gasteiger partial charge is 0.357 e. The second-order valence-electron chi connectivity index (χ2n) is 5.17. The van der Waals surface area contributed by atoms with Crippen LogP contribution in [-0.4, -0.2) is 24.0 Å². The van der Waals surface area contributed by atoms with Gasteiger partial charge in [0.25, 0.3) is 0 Å². The Morgan fingerprint density at radius 1 is 1.13 bits per heavy atom. The van der Waals surface area contributed by atoms with Crippen LogP contribution in [0.5, 0.6) is 0 Å². The van der Waals surface area contributed by atoms with Crippen molar-refractivity contribution in [3.63, 3.8) is 0 Å². The zero-order valence-corrected chi connectivity index (χ0v) is 14.2. The third kappa shape index (κ3) is 6.70. The average Bonchev–Trinajstić information content (AvgIpc) is 2.59. The summed E-state index contributed by atoms with van der Waals surface area (Å²) < 4.78 is 0. The SMILES string of the molecule is CCNC(=NCc1ccccn1)NCCCc1ccc(Cl)cc1. The highest BCUT2D eigenvalue weighted by atomic mass is 35.5. The van der Waals surface area contributed by atoms with Gasteiger partial charge in [-0.2, -0.15) is 0 Å². The van der Waals surface area contributed by atoms with E-state index in [2.05, 4.69) is 39.7 Å². The fourth-order valence-electron chi connectivity index (χ4n) is 2.14. The van der Waals surface area contributed by atoms with E-state index in [9.17, 15) is 0 Å². The molecular formula is C18H23ClN4. The molecule has 0 amide bonds. The van der Waals surface area contributed by atoms with Gasteiger partial charge in [0.2, 0.25) is 0 Å². The highest BCUT2D eigenvalue weighted by molar-refractivity contribution is 6.30. The quantitative estimate of drug-likeness (QED) is 0.464. The molecular weight excluding hydrogens is 308 g/mol. The van der Waals surface area contributed by atoms with Crippen LogP contribution in [0.2, 0.25) is 5.02 Å². The fourth-order valence-corrected chi connectivity index (χ4v) is 2.27. The molecule has 0 fully saturated rings. The number of nitrogens with one attached hydrogen (secondary N) is 2. The number of aromatic nitrogens is 1. The first-order valence-corrected chi connectivity index (χ1v) is 8.32. The van der Waals surface area contributed by atoms with Gasteiger partial charge in [-0.1, -0.05) is 29.8 Å². The number of benzene rings is 1. The van der Waals surface area contributed by atoms with Gasteiger partial charge < -0.3 is 10.6 Å². The number of hydrogen-bond acceptors (Lipinski definition) is 2. The van der Waals surface area contributed by atoms with Gasteiger partial charge >= 0.3 is 0 Å². The third-order valence-electron chi connectivity index (χ3n) is 3.32. The summed E-state index contributed by atoms with van der Waals surface area (Å²) in [6.07, 6.45) is 3.84. The minimum absolute atomic E-state index is 0.577. The van der Waals surface area contributed by atoms with Crippen molar-refractivity contribution in [2.45, 2.75) is 26.3 Å². The summed E-state index contributed by atoms with van der Waals surface area (Å²) in [5.74, 6) is 0.828. The normalized spacial score (nSPS) is 11.3. The van der Waals surface area contributed by atoms with E-state index in [1.54, 1.807) is 6.20 Å². The second kappa shape index (κ2) is 9.85. The maximum atomic E-state index is 5.89. The number of rotatable bonds is 7. The molecule has 5 heteroatoms. The fraction of sp³-hybridized carbons (Fsp3) is 0.333. The number of guanidine groups is 1. The molecule has 4 nitrogen and oxygen atoms in total. The Labute approximate surface area is 143 Å². The van der Waals surface area contributed by atoms with Crippen molar-refractivity contribution in [1.29, 1.82) is 0 Å². The molecule has 1 heterocycles. The summed E-state index contributed by atoms with van der Waals surface area (Å²) in [6, 6.07) is 13.9. The minimum Gasteiger partial charge on any atom is -0.357 e. The van der Waals surface area contributed by atoms with E-state index in [0.29, 0.717) is 6.54 Å². The van der Waals surface area contributed by atoms with E-state index in [4.69, 9.17) is 11.6 Å². The standard InChI is InChI=1S/C18H23ClN4/c1-2-20-18(23-14-17-7-3-4-12-21-17)22-13-5-6-15-8-10-16(19)11-9-15/h3-4,7-12H,2,5-6,13-14H2,1H3,(H2,20,22,23). The third-order valence-corrected chi connectivity index (χ3v) is 3.57. The highest BCUT2D eigenvalue weighted by Gasteiger charge is 1.99. The summed E-state index contributed by atoms with van der Waals surface area (Å²) in [5, 5.41) is 7.39. The first-order chi connectivity index (χ1) is 11.3. The van der Waals surface area contributed by atoms with E-state index in [1.165, 1.54) is 5.56 Å². The van der Waals surface area contributed by atoms with Gasteiger partial charge in [-0.05, 0) is 49.6 Å². The molecule has 0 atom stereocenters. The van der Waals surface area contributed by atoms with Crippen LogP contribution in [-0.2, 0) is 13.0 Å². The number of hydrogen-bond donors (Lipinski definition) is 2. The molecule has 122 valence electrons. The van der Waals surface area contributed by atoms with E-state index in [-0.39, 0.29) is 0 Å². The summed E-state index contributed by atoms with van der Waals surface area (Å²) in [4.78, 5) is 8.83. The lowest BCUT2D eigenvalue weighted by Gasteiger charge is -2.11. The smallest absolute Gasteiger partial charge is 0.191 e. The topological polar surface area (TPSA) is 49.3 Å². The molecule has 0 aliphatic heterocycles. The molecule has 0 saturated carbocycles. The van der Waals surface area contributed by atoms with Crippen LogP contribution in [0.1, 0.15) is 24.6 Å². The van der Waals surface area contributed by atoms with Crippen LogP contribution in [0.15, 0.2) is 53.7 Å². The molecule has 0 bridgehead atoms. The van der Waals surface area contributed by atoms with Gasteiger partial charge in [0.1, 0.15) is 0 Å². The molecule has 0 unspecified atom stereocenters. The second-order valence-corrected chi connectivity index (χ2v) is 5.61. The van der Waals surface area contributed by atoms with Gasteiger partial charge in [0.05, 0.1) is 12.2 Å². The molecule has 1 aromatic carbocycles. The Bertz CT molecular complexity index is 596. The van der Waals surface area contributed by atoms with Crippen LogP contribution in [0.3, 0.4) is 0 Å². The number of aryl methyl sites for hydroxylation is 1. The monoisotopic (exact) mass is 330 g/mol. The molecule has 2 rings (SSSR count). The van der Waals surface area contributed by atoms with Gasteiger partial charge in [-0.3, -0.25) is 4.98 Å². The van der Waals surface area contributed by atoms with Gasteiger partial charge in [0, 0.05) is 24.3 Å². The van der Waals surface area contributed by atoms with Gasteiger partial charge in [-0.15, -0.1) is 0 Å². The van der Waals surface area contributed by atoms with E-state index in [1.807, 2.05) is 30.3 Å². The maximum absolute atomic E-state index is 5.89. The molecule has 2 N–H and O–H groups in total. The average molecular weight is 331 g/mol. The summed E-state index contributed by atoms with van der Waals surface area (Å²) >= 11 is 5.89. The lowest BCUT2D eigenvalue weighted by Crippen LogP contribution is -2.37. The van der Waals surface area contributed by atoms with Crippen molar-refractivity contribution in [3.8, 4) is 0 Å². The van der Waals surface area contributed by atoms with Gasteiger partial charge in [0.15, 0.2) is 5.96 Å². The van der Waals surface area contributed by atoms with E-state index < -0.39 is 0 Å². The Morgan fingerprint density at radius 2 is 1.96 bits per heavy atom. The van der Waals surface area contributed by atoms with Crippen molar-refractivity contribution < 1.29 is 0 Å². The van der Waals surface area contributed by atoms with Crippen molar-refractivity contribution >= 4 is 17.6 Å². The Kier molecular flexibility index (Phi) is 7.40. The Hall–Kier alpha value is -2.07. The summed E-state index contributed by atoms with van der Waals surface area (Å²) in [7, 11) is 0. The molecule has 2 aromatic rings. The van der Waals surface area contributed by atoms with Crippen LogP contribution < -0.4 is 10.6 Å². The zero-order chi connectivity index (χ0) is 16.3. The van der Waals surface area contributed by atoms with Crippen molar-refractivity contribution in [2.24, 2.45) is 4.99 Å². The number of pyridine rings is 1. The Morgan fingerprint density at radius 3 is 2.65 bits per heavy atom. The minimum atomic E-state index is 0.577.